The van der Waals surface area contributed by atoms with Gasteiger partial charge in [0.25, 0.3) is 5.91 Å². The average molecular weight is 494 g/mol. The molecule has 35 heavy (non-hydrogen) atoms. The summed E-state index contributed by atoms with van der Waals surface area (Å²) in [4.78, 5) is 27.7. The predicted octanol–water partition coefficient (Wildman–Crippen LogP) is 3.70. The Hall–Kier alpha value is -3.16. The highest BCUT2D eigenvalue weighted by atomic mass is 35.5. The fourth-order valence-corrected chi connectivity index (χ4v) is 5.28. The first-order chi connectivity index (χ1) is 16.9. The normalized spacial score (nSPS) is 19.1. The molecule has 1 aliphatic carbocycles. The SMILES string of the molecule is Cc1nn(Cc2ccccc2)c(Cl)c1COC(=O)C1CC(O)CN1C(=O)c1ccc2c(c1)CCC2. The second-order valence-corrected chi connectivity index (χ2v) is 9.66. The van der Waals surface area contributed by atoms with E-state index in [-0.39, 0.29) is 25.5 Å². The molecule has 1 aliphatic heterocycles. The lowest BCUT2D eigenvalue weighted by Crippen LogP contribution is -2.41. The summed E-state index contributed by atoms with van der Waals surface area (Å²) >= 11 is 6.56. The lowest BCUT2D eigenvalue weighted by molar-refractivity contribution is -0.149. The molecule has 7 nitrogen and oxygen atoms in total. The Bertz CT molecular complexity index is 1260. The number of benzene rings is 2. The Kier molecular flexibility index (Phi) is 6.62. The molecular weight excluding hydrogens is 466 g/mol. The van der Waals surface area contributed by atoms with Crippen molar-refractivity contribution in [3.05, 3.63) is 87.2 Å². The van der Waals surface area contributed by atoms with Gasteiger partial charge in [-0.25, -0.2) is 9.48 Å². The molecule has 1 saturated heterocycles. The minimum atomic E-state index is -0.843. The number of amides is 1. The van der Waals surface area contributed by atoms with Gasteiger partial charge >= 0.3 is 5.97 Å². The maximum atomic E-state index is 13.2. The Labute approximate surface area is 209 Å². The van der Waals surface area contributed by atoms with Gasteiger partial charge in [-0.1, -0.05) is 48.0 Å². The third-order valence-electron chi connectivity index (χ3n) is 6.87. The van der Waals surface area contributed by atoms with Gasteiger partial charge in [-0.15, -0.1) is 0 Å². The zero-order valence-corrected chi connectivity index (χ0v) is 20.4. The topological polar surface area (TPSA) is 84.7 Å². The van der Waals surface area contributed by atoms with Crippen molar-refractivity contribution in [2.24, 2.45) is 0 Å². The van der Waals surface area contributed by atoms with Crippen LogP contribution in [0.2, 0.25) is 5.15 Å². The number of nitrogens with zero attached hydrogens (tertiary/aromatic N) is 3. The number of rotatable bonds is 6. The number of aliphatic hydroxyl groups is 1. The zero-order valence-electron chi connectivity index (χ0n) is 19.6. The van der Waals surface area contributed by atoms with E-state index in [9.17, 15) is 14.7 Å². The molecule has 8 heteroatoms. The first-order valence-corrected chi connectivity index (χ1v) is 12.3. The van der Waals surface area contributed by atoms with Gasteiger partial charge in [-0.2, -0.15) is 5.10 Å². The maximum Gasteiger partial charge on any atom is 0.329 e. The summed E-state index contributed by atoms with van der Waals surface area (Å²) in [5, 5.41) is 15.2. The molecule has 5 rings (SSSR count). The maximum absolute atomic E-state index is 13.2. The largest absolute Gasteiger partial charge is 0.459 e. The molecule has 0 radical (unpaired) electrons. The highest BCUT2D eigenvalue weighted by Crippen LogP contribution is 2.27. The van der Waals surface area contributed by atoms with Crippen LogP contribution in [0.5, 0.6) is 0 Å². The molecule has 2 aliphatic rings. The minimum absolute atomic E-state index is 0.0498. The molecular formula is C27H28ClN3O4. The number of fused-ring (bicyclic) bond motifs is 1. The van der Waals surface area contributed by atoms with Crippen molar-refractivity contribution in [3.63, 3.8) is 0 Å². The number of hydrogen-bond acceptors (Lipinski definition) is 5. The van der Waals surface area contributed by atoms with E-state index >= 15 is 0 Å². The third kappa shape index (κ3) is 4.83. The van der Waals surface area contributed by atoms with Gasteiger partial charge in [0.15, 0.2) is 0 Å². The van der Waals surface area contributed by atoms with Gasteiger partial charge in [0.1, 0.15) is 17.8 Å². The molecule has 0 spiro atoms. The van der Waals surface area contributed by atoms with E-state index in [0.29, 0.717) is 28.5 Å². The van der Waals surface area contributed by atoms with Gasteiger partial charge in [-0.3, -0.25) is 4.79 Å². The highest BCUT2D eigenvalue weighted by molar-refractivity contribution is 6.30. The molecule has 2 atom stereocenters. The van der Waals surface area contributed by atoms with Crippen LogP contribution in [0.25, 0.3) is 0 Å². The van der Waals surface area contributed by atoms with Crippen molar-refractivity contribution < 1.29 is 19.4 Å². The van der Waals surface area contributed by atoms with Crippen molar-refractivity contribution in [2.45, 2.75) is 57.9 Å². The summed E-state index contributed by atoms with van der Waals surface area (Å²) in [7, 11) is 0. The van der Waals surface area contributed by atoms with Crippen LogP contribution in [0.3, 0.4) is 0 Å². The van der Waals surface area contributed by atoms with Crippen LogP contribution in [0.4, 0.5) is 0 Å². The van der Waals surface area contributed by atoms with Crippen molar-refractivity contribution >= 4 is 23.5 Å². The van der Waals surface area contributed by atoms with Gasteiger partial charge in [0.05, 0.1) is 18.3 Å². The number of carbonyl (C=O) groups is 2. The van der Waals surface area contributed by atoms with Crippen LogP contribution in [0.1, 0.15) is 51.1 Å². The number of likely N-dealkylation sites (tertiary alicyclic amines) is 1. The summed E-state index contributed by atoms with van der Waals surface area (Å²) in [5.41, 5.74) is 5.37. The molecule has 0 bridgehead atoms. The Morgan fingerprint density at radius 1 is 1.14 bits per heavy atom. The number of β-amino-alcohol motifs (C(OH)–C–C–N with tert-alkyl or cyclic N) is 1. The van der Waals surface area contributed by atoms with Crippen LogP contribution in [-0.4, -0.2) is 50.4 Å². The van der Waals surface area contributed by atoms with E-state index < -0.39 is 18.1 Å². The fraction of sp³-hybridized carbons (Fsp3) is 0.370. The Morgan fingerprint density at radius 3 is 2.71 bits per heavy atom. The monoisotopic (exact) mass is 493 g/mol. The van der Waals surface area contributed by atoms with E-state index in [1.807, 2.05) is 55.5 Å². The molecule has 1 amide bonds. The molecule has 2 unspecified atom stereocenters. The summed E-state index contributed by atoms with van der Waals surface area (Å²) in [6, 6.07) is 14.7. The van der Waals surface area contributed by atoms with E-state index in [2.05, 4.69) is 5.10 Å². The summed E-state index contributed by atoms with van der Waals surface area (Å²) < 4.78 is 7.27. The number of aliphatic hydroxyl groups excluding tert-OH is 1. The number of aryl methyl sites for hydroxylation is 3. The van der Waals surface area contributed by atoms with Crippen LogP contribution in [0.15, 0.2) is 48.5 Å². The van der Waals surface area contributed by atoms with Crippen LogP contribution >= 0.6 is 11.6 Å². The van der Waals surface area contributed by atoms with Gasteiger partial charge in [-0.05, 0) is 55.0 Å². The zero-order chi connectivity index (χ0) is 24.5. The van der Waals surface area contributed by atoms with Gasteiger partial charge < -0.3 is 14.7 Å². The number of carbonyl (C=O) groups excluding carboxylic acids is 2. The number of aromatic nitrogens is 2. The molecule has 182 valence electrons. The van der Waals surface area contributed by atoms with Crippen molar-refractivity contribution in [3.8, 4) is 0 Å². The predicted molar refractivity (Wildman–Crippen MR) is 131 cm³/mol. The Balaban J connectivity index is 1.27. The van der Waals surface area contributed by atoms with E-state index in [4.69, 9.17) is 16.3 Å². The summed E-state index contributed by atoms with van der Waals surface area (Å²) in [6.07, 6.45) is 2.46. The second-order valence-electron chi connectivity index (χ2n) is 9.31. The van der Waals surface area contributed by atoms with Gasteiger partial charge in [0.2, 0.25) is 0 Å². The first kappa shape index (κ1) is 23.6. The summed E-state index contributed by atoms with van der Waals surface area (Å²) in [5.74, 6) is -0.814. The van der Waals surface area contributed by atoms with Crippen LogP contribution in [0, 0.1) is 6.92 Å². The quantitative estimate of drug-likeness (QED) is 0.529. The lowest BCUT2D eigenvalue weighted by Gasteiger charge is -2.23. The number of ether oxygens (including phenoxy) is 1. The minimum Gasteiger partial charge on any atom is -0.459 e. The van der Waals surface area contributed by atoms with Crippen molar-refractivity contribution in [2.75, 3.05) is 6.54 Å². The molecule has 3 aromatic rings. The van der Waals surface area contributed by atoms with E-state index in [1.165, 1.54) is 16.0 Å². The third-order valence-corrected chi connectivity index (χ3v) is 7.30. The van der Waals surface area contributed by atoms with Gasteiger partial charge in [0, 0.05) is 24.1 Å². The van der Waals surface area contributed by atoms with E-state index in [0.717, 1.165) is 24.8 Å². The number of esters is 1. The number of hydrogen-bond donors (Lipinski definition) is 1. The van der Waals surface area contributed by atoms with Crippen molar-refractivity contribution in [1.29, 1.82) is 0 Å². The lowest BCUT2D eigenvalue weighted by atomic mass is 10.1. The summed E-state index contributed by atoms with van der Waals surface area (Å²) in [6.45, 7) is 2.38. The van der Waals surface area contributed by atoms with E-state index in [1.54, 1.807) is 4.68 Å². The Morgan fingerprint density at radius 2 is 1.91 bits per heavy atom. The molecule has 2 heterocycles. The smallest absolute Gasteiger partial charge is 0.329 e. The standard InChI is InChI=1S/C27H28ClN3O4/c1-17-23(25(28)31(29-17)14-18-6-3-2-4-7-18)16-35-27(34)24-13-22(32)15-30(24)26(33)21-11-10-19-8-5-9-20(19)12-21/h2-4,6-7,10-12,22,24,32H,5,8-9,13-16H2,1H3. The molecule has 1 fully saturated rings. The molecule has 2 aromatic carbocycles. The first-order valence-electron chi connectivity index (χ1n) is 11.9. The highest BCUT2D eigenvalue weighted by Gasteiger charge is 2.40. The average Bonchev–Trinajstić information content (AvgIpc) is 3.55. The number of halogens is 1. The second kappa shape index (κ2) is 9.84. The van der Waals surface area contributed by atoms with Crippen LogP contribution < -0.4 is 0 Å². The molecule has 1 N–H and O–H groups in total. The fourth-order valence-electron chi connectivity index (χ4n) is 4.99. The van der Waals surface area contributed by atoms with Crippen LogP contribution in [-0.2, 0) is 35.5 Å². The van der Waals surface area contributed by atoms with Crippen molar-refractivity contribution in [1.82, 2.24) is 14.7 Å². The molecule has 1 aromatic heterocycles. The molecule has 0 saturated carbocycles.